The number of hydrogen-bond acceptors (Lipinski definition) is 3. The van der Waals surface area contributed by atoms with Crippen LogP contribution in [-0.2, 0) is 16.0 Å². The Bertz CT molecular complexity index is 453. The van der Waals surface area contributed by atoms with Gasteiger partial charge in [-0.3, -0.25) is 9.48 Å². The molecule has 0 bridgehead atoms. The Morgan fingerprint density at radius 1 is 1.37 bits per heavy atom. The largest absolute Gasteiger partial charge is 0.375 e. The van der Waals surface area contributed by atoms with E-state index in [4.69, 9.17) is 4.74 Å². The lowest BCUT2D eigenvalue weighted by Gasteiger charge is -2.16. The van der Waals surface area contributed by atoms with Gasteiger partial charge in [-0.2, -0.15) is 5.10 Å². The molecule has 4 unspecified atom stereocenters. The Balaban J connectivity index is 2.04. The zero-order valence-electron chi connectivity index (χ0n) is 12.5. The van der Waals surface area contributed by atoms with E-state index in [-0.39, 0.29) is 29.8 Å². The maximum absolute atomic E-state index is 12.4. The van der Waals surface area contributed by atoms with Crippen LogP contribution in [0.1, 0.15) is 46.4 Å². The molecule has 1 aromatic rings. The van der Waals surface area contributed by atoms with Gasteiger partial charge in [-0.15, -0.1) is 0 Å². The van der Waals surface area contributed by atoms with Gasteiger partial charge in [-0.25, -0.2) is 0 Å². The molecule has 0 spiro atoms. The van der Waals surface area contributed by atoms with Crippen molar-refractivity contribution < 1.29 is 9.53 Å². The highest BCUT2D eigenvalue weighted by atomic mass is 16.5. The number of aromatic nitrogens is 2. The summed E-state index contributed by atoms with van der Waals surface area (Å²) in [5, 5.41) is 4.45. The number of hydrogen-bond donors (Lipinski definition) is 0. The van der Waals surface area contributed by atoms with Crippen LogP contribution in [0.4, 0.5) is 0 Å². The molecule has 1 saturated heterocycles. The summed E-state index contributed by atoms with van der Waals surface area (Å²) in [5.41, 5.74) is 0.859. The topological polar surface area (TPSA) is 44.1 Å². The first-order valence-corrected chi connectivity index (χ1v) is 7.12. The fourth-order valence-corrected chi connectivity index (χ4v) is 2.88. The summed E-state index contributed by atoms with van der Waals surface area (Å²) in [7, 11) is 0. The summed E-state index contributed by atoms with van der Waals surface area (Å²) in [5.74, 6) is 0.534. The van der Waals surface area contributed by atoms with Crippen LogP contribution >= 0.6 is 0 Å². The highest BCUT2D eigenvalue weighted by Gasteiger charge is 2.41. The molecule has 1 fully saturated rings. The van der Waals surface area contributed by atoms with Gasteiger partial charge in [-0.05, 0) is 39.7 Å². The predicted molar refractivity (Wildman–Crippen MR) is 74.0 cm³/mol. The molecule has 1 aliphatic rings. The van der Waals surface area contributed by atoms with Crippen molar-refractivity contribution in [2.75, 3.05) is 0 Å². The second-order valence-corrected chi connectivity index (χ2v) is 5.96. The van der Waals surface area contributed by atoms with Gasteiger partial charge in [-0.1, -0.05) is 6.92 Å². The Labute approximate surface area is 115 Å². The number of carbonyl (C=O) groups is 1. The van der Waals surface area contributed by atoms with Gasteiger partial charge >= 0.3 is 0 Å². The van der Waals surface area contributed by atoms with Gasteiger partial charge in [0.1, 0.15) is 5.78 Å². The van der Waals surface area contributed by atoms with Crippen LogP contribution in [0.2, 0.25) is 0 Å². The van der Waals surface area contributed by atoms with E-state index in [1.165, 1.54) is 0 Å². The smallest absolute Gasteiger partial charge is 0.144 e. The van der Waals surface area contributed by atoms with Gasteiger partial charge in [0, 0.05) is 18.2 Å². The zero-order chi connectivity index (χ0) is 14.2. The number of carbonyl (C=O) groups excluding carboxylic acids is 1. The quantitative estimate of drug-likeness (QED) is 0.839. The number of ether oxygens (including phenoxy) is 1. The average Bonchev–Trinajstić information content (AvgIpc) is 2.85. The molecular formula is C15H24N2O2. The highest BCUT2D eigenvalue weighted by Crippen LogP contribution is 2.33. The maximum Gasteiger partial charge on any atom is 0.144 e. The van der Waals surface area contributed by atoms with Crippen molar-refractivity contribution in [1.82, 2.24) is 9.78 Å². The van der Waals surface area contributed by atoms with E-state index in [0.717, 1.165) is 5.69 Å². The van der Waals surface area contributed by atoms with Crippen LogP contribution in [0.15, 0.2) is 12.3 Å². The molecule has 1 aromatic heterocycles. The van der Waals surface area contributed by atoms with E-state index in [1.54, 1.807) is 0 Å². The van der Waals surface area contributed by atoms with Crippen LogP contribution in [0.25, 0.3) is 0 Å². The van der Waals surface area contributed by atoms with E-state index in [0.29, 0.717) is 12.5 Å². The van der Waals surface area contributed by atoms with Crippen LogP contribution < -0.4 is 0 Å². The number of Topliss-reactive ketones (excluding diaryl/α,β-unsaturated/α-hetero) is 1. The number of rotatable bonds is 4. The van der Waals surface area contributed by atoms with Crippen LogP contribution in [0.5, 0.6) is 0 Å². The SMILES string of the molecule is CC1OC(C)C(C(=O)Cc2ccn(C(C)C)n2)C1C. The lowest BCUT2D eigenvalue weighted by molar-refractivity contribution is -0.124. The Hall–Kier alpha value is -1.16. The van der Waals surface area contributed by atoms with Crippen molar-refractivity contribution in [2.24, 2.45) is 11.8 Å². The molecule has 4 atom stereocenters. The molecule has 4 heteroatoms. The standard InChI is InChI=1S/C15H24N2O2/c1-9(2)17-7-6-13(16-17)8-14(18)15-10(3)11(4)19-12(15)5/h6-7,9-12,15H,8H2,1-5H3. The molecule has 4 nitrogen and oxygen atoms in total. The summed E-state index contributed by atoms with van der Waals surface area (Å²) < 4.78 is 7.63. The third kappa shape index (κ3) is 2.89. The number of nitrogens with zero attached hydrogens (tertiary/aromatic N) is 2. The van der Waals surface area contributed by atoms with Crippen molar-refractivity contribution in [3.8, 4) is 0 Å². The minimum Gasteiger partial charge on any atom is -0.375 e. The fourth-order valence-electron chi connectivity index (χ4n) is 2.88. The molecule has 1 aliphatic heterocycles. The van der Waals surface area contributed by atoms with Gasteiger partial charge in [0.15, 0.2) is 0 Å². The molecule has 19 heavy (non-hydrogen) atoms. The Morgan fingerprint density at radius 3 is 2.53 bits per heavy atom. The van der Waals surface area contributed by atoms with E-state index in [9.17, 15) is 4.79 Å². The lowest BCUT2D eigenvalue weighted by atomic mass is 9.84. The van der Waals surface area contributed by atoms with E-state index in [1.807, 2.05) is 30.8 Å². The zero-order valence-corrected chi connectivity index (χ0v) is 12.5. The summed E-state index contributed by atoms with van der Waals surface area (Å²) in [4.78, 5) is 12.4. The minimum atomic E-state index is -0.000741. The molecular weight excluding hydrogens is 240 g/mol. The number of ketones is 1. The van der Waals surface area contributed by atoms with Crippen molar-refractivity contribution in [1.29, 1.82) is 0 Å². The van der Waals surface area contributed by atoms with E-state index in [2.05, 4.69) is 25.9 Å². The van der Waals surface area contributed by atoms with E-state index >= 15 is 0 Å². The van der Waals surface area contributed by atoms with Crippen molar-refractivity contribution in [3.63, 3.8) is 0 Å². The summed E-state index contributed by atoms with van der Waals surface area (Å²) in [6.07, 6.45) is 2.53. The normalized spacial score (nSPS) is 31.1. The summed E-state index contributed by atoms with van der Waals surface area (Å²) in [6.45, 7) is 10.3. The van der Waals surface area contributed by atoms with Crippen molar-refractivity contribution in [2.45, 2.75) is 59.3 Å². The maximum atomic E-state index is 12.4. The molecule has 0 amide bonds. The van der Waals surface area contributed by atoms with Crippen LogP contribution in [0, 0.1) is 11.8 Å². The van der Waals surface area contributed by atoms with Crippen molar-refractivity contribution >= 4 is 5.78 Å². The third-order valence-electron chi connectivity index (χ3n) is 4.16. The molecule has 106 valence electrons. The van der Waals surface area contributed by atoms with Gasteiger partial charge in [0.2, 0.25) is 0 Å². The first-order chi connectivity index (χ1) is 8.90. The predicted octanol–water partition coefficient (Wildman–Crippen LogP) is 2.64. The second-order valence-electron chi connectivity index (χ2n) is 5.96. The van der Waals surface area contributed by atoms with Gasteiger partial charge in [0.05, 0.1) is 24.3 Å². The van der Waals surface area contributed by atoms with E-state index < -0.39 is 0 Å². The lowest BCUT2D eigenvalue weighted by Crippen LogP contribution is -2.28. The fraction of sp³-hybridized carbons (Fsp3) is 0.733. The third-order valence-corrected chi connectivity index (χ3v) is 4.16. The molecule has 0 aromatic carbocycles. The minimum absolute atomic E-state index is 0.000741. The molecule has 2 heterocycles. The highest BCUT2D eigenvalue weighted by molar-refractivity contribution is 5.84. The second kappa shape index (κ2) is 5.45. The average molecular weight is 264 g/mol. The van der Waals surface area contributed by atoms with Gasteiger partial charge in [0.25, 0.3) is 0 Å². The molecule has 0 radical (unpaired) electrons. The summed E-state index contributed by atoms with van der Waals surface area (Å²) >= 11 is 0. The van der Waals surface area contributed by atoms with Crippen LogP contribution in [-0.4, -0.2) is 27.8 Å². The molecule has 2 rings (SSSR count). The molecule has 0 N–H and O–H groups in total. The van der Waals surface area contributed by atoms with Crippen LogP contribution in [0.3, 0.4) is 0 Å². The molecule has 0 saturated carbocycles. The Kier molecular flexibility index (Phi) is 4.09. The first-order valence-electron chi connectivity index (χ1n) is 7.12. The summed E-state index contributed by atoms with van der Waals surface area (Å²) in [6, 6.07) is 2.27. The van der Waals surface area contributed by atoms with Gasteiger partial charge < -0.3 is 4.74 Å². The Morgan fingerprint density at radius 2 is 2.05 bits per heavy atom. The monoisotopic (exact) mass is 264 g/mol. The van der Waals surface area contributed by atoms with Crippen molar-refractivity contribution in [3.05, 3.63) is 18.0 Å². The molecule has 0 aliphatic carbocycles. The first kappa shape index (κ1) is 14.3.